The molecule has 1 aliphatic heterocycles. The van der Waals surface area contributed by atoms with Crippen molar-refractivity contribution in [2.45, 2.75) is 13.3 Å². The average Bonchev–Trinajstić information content (AvgIpc) is 3.18. The van der Waals surface area contributed by atoms with Gasteiger partial charge in [-0.05, 0) is 24.1 Å². The molecule has 0 radical (unpaired) electrons. The number of amidine groups is 1. The van der Waals surface area contributed by atoms with Gasteiger partial charge in [-0.25, -0.2) is 10.4 Å². The van der Waals surface area contributed by atoms with Crippen LogP contribution >= 0.6 is 0 Å². The van der Waals surface area contributed by atoms with E-state index in [4.69, 9.17) is 10.1 Å². The first-order chi connectivity index (χ1) is 13.2. The third kappa shape index (κ3) is 4.47. The van der Waals surface area contributed by atoms with Crippen LogP contribution in [0.5, 0.6) is 0 Å². The van der Waals surface area contributed by atoms with Crippen molar-refractivity contribution in [3.8, 4) is 0 Å². The van der Waals surface area contributed by atoms with Gasteiger partial charge in [0.2, 0.25) is 11.8 Å². The first-order valence-electron chi connectivity index (χ1n) is 8.50. The summed E-state index contributed by atoms with van der Waals surface area (Å²) >= 11 is 0. The van der Waals surface area contributed by atoms with Gasteiger partial charge in [0.25, 0.3) is 0 Å². The normalized spacial score (nSPS) is 15.3. The van der Waals surface area contributed by atoms with Crippen molar-refractivity contribution in [2.24, 2.45) is 15.1 Å². The molecule has 6 heteroatoms. The Morgan fingerprint density at radius 1 is 1.30 bits per heavy atom. The number of nitrogens with one attached hydrogen (secondary N) is 2. The van der Waals surface area contributed by atoms with E-state index in [1.165, 1.54) is 11.6 Å². The lowest BCUT2D eigenvalue weighted by Gasteiger charge is -2.06. The number of aryl methyl sites for hydroxylation is 1. The highest BCUT2D eigenvalue weighted by Gasteiger charge is 2.15. The minimum Gasteiger partial charge on any atom is -0.419 e. The summed E-state index contributed by atoms with van der Waals surface area (Å²) in [6, 6.07) is 19.0. The maximum atomic E-state index is 8.04. The van der Waals surface area contributed by atoms with Gasteiger partial charge < -0.3 is 4.74 Å². The second kappa shape index (κ2) is 8.59. The molecule has 0 aliphatic carbocycles. The largest absolute Gasteiger partial charge is 0.419 e. The molecular formula is C21H19N5O. The topological polar surface area (TPSA) is 82.2 Å². The van der Waals surface area contributed by atoms with Crippen LogP contribution < -0.4 is 5.43 Å². The Morgan fingerprint density at radius 3 is 2.89 bits per heavy atom. The number of rotatable bonds is 5. The Kier molecular flexibility index (Phi) is 5.75. The van der Waals surface area contributed by atoms with E-state index in [1.807, 2.05) is 24.3 Å². The highest BCUT2D eigenvalue weighted by molar-refractivity contribution is 6.40. The molecule has 0 saturated heterocycles. The quantitative estimate of drug-likeness (QED) is 0.637. The molecule has 2 aromatic rings. The van der Waals surface area contributed by atoms with Crippen molar-refractivity contribution in [1.29, 1.82) is 5.41 Å². The van der Waals surface area contributed by atoms with Crippen molar-refractivity contribution < 1.29 is 4.74 Å². The van der Waals surface area contributed by atoms with E-state index in [9.17, 15) is 0 Å². The number of aliphatic imine (C=N–C) groups is 2. The van der Waals surface area contributed by atoms with Crippen LogP contribution in [0.1, 0.15) is 23.6 Å². The smallest absolute Gasteiger partial charge is 0.246 e. The van der Waals surface area contributed by atoms with Crippen LogP contribution in [0.4, 0.5) is 0 Å². The maximum absolute atomic E-state index is 8.04. The first-order valence-corrected chi connectivity index (χ1v) is 8.50. The molecule has 2 N–H and O–H groups in total. The van der Waals surface area contributed by atoms with E-state index >= 15 is 0 Å². The molecule has 0 aromatic heterocycles. The summed E-state index contributed by atoms with van der Waals surface area (Å²) in [4.78, 5) is 8.47. The van der Waals surface area contributed by atoms with E-state index in [1.54, 1.807) is 25.4 Å². The van der Waals surface area contributed by atoms with Crippen molar-refractivity contribution in [2.75, 3.05) is 7.05 Å². The van der Waals surface area contributed by atoms with Gasteiger partial charge in [-0.3, -0.25) is 10.4 Å². The molecule has 0 saturated carbocycles. The van der Waals surface area contributed by atoms with E-state index in [0.29, 0.717) is 11.8 Å². The summed E-state index contributed by atoms with van der Waals surface area (Å²) in [6.07, 6.45) is 3.95. The molecule has 0 amide bonds. The molecule has 134 valence electrons. The second-order valence-corrected chi connectivity index (χ2v) is 5.62. The average molecular weight is 357 g/mol. The second-order valence-electron chi connectivity index (χ2n) is 5.62. The molecule has 1 aliphatic rings. The van der Waals surface area contributed by atoms with E-state index in [-0.39, 0.29) is 5.84 Å². The molecule has 0 spiro atoms. The third-order valence-electron chi connectivity index (χ3n) is 3.89. The molecule has 2 aromatic carbocycles. The Bertz CT molecular complexity index is 942. The zero-order chi connectivity index (χ0) is 19.1. The predicted octanol–water partition coefficient (Wildman–Crippen LogP) is 3.14. The van der Waals surface area contributed by atoms with Crippen molar-refractivity contribution in [3.63, 3.8) is 0 Å². The molecule has 0 fully saturated rings. The zero-order valence-corrected chi connectivity index (χ0v) is 15.2. The van der Waals surface area contributed by atoms with Gasteiger partial charge in [0, 0.05) is 30.3 Å². The number of hydrogen-bond donors (Lipinski definition) is 2. The third-order valence-corrected chi connectivity index (χ3v) is 3.89. The maximum Gasteiger partial charge on any atom is 0.246 e. The van der Waals surface area contributed by atoms with Gasteiger partial charge in [0.1, 0.15) is 5.84 Å². The van der Waals surface area contributed by atoms with E-state index in [0.717, 1.165) is 23.3 Å². The Morgan fingerprint density at radius 2 is 2.15 bits per heavy atom. The molecule has 0 bridgehead atoms. The monoisotopic (exact) mass is 357 g/mol. The lowest BCUT2D eigenvalue weighted by molar-refractivity contribution is 0.418. The fourth-order valence-electron chi connectivity index (χ4n) is 2.54. The van der Waals surface area contributed by atoms with Crippen molar-refractivity contribution in [1.82, 2.24) is 5.43 Å². The predicted molar refractivity (Wildman–Crippen MR) is 107 cm³/mol. The summed E-state index contributed by atoms with van der Waals surface area (Å²) in [7, 11) is 1.71. The molecule has 6 nitrogen and oxygen atoms in total. The first kappa shape index (κ1) is 18.1. The molecule has 27 heavy (non-hydrogen) atoms. The number of hydrogen-bond acceptors (Lipinski definition) is 5. The molecule has 3 rings (SSSR count). The minimum atomic E-state index is 0.0250. The lowest BCUT2D eigenvalue weighted by atomic mass is 10.0. The molecule has 1 heterocycles. The van der Waals surface area contributed by atoms with Crippen LogP contribution in [-0.4, -0.2) is 30.7 Å². The Balaban J connectivity index is 1.68. The van der Waals surface area contributed by atoms with Crippen LogP contribution in [-0.2, 0) is 11.2 Å². The lowest BCUT2D eigenvalue weighted by Crippen LogP contribution is -2.08. The van der Waals surface area contributed by atoms with Gasteiger partial charge in [-0.2, -0.15) is 0 Å². The number of nitrogens with zero attached hydrogens (tertiary/aromatic N) is 3. The van der Waals surface area contributed by atoms with Gasteiger partial charge >= 0.3 is 0 Å². The Hall–Kier alpha value is -3.72. The van der Waals surface area contributed by atoms with Crippen LogP contribution in [0.3, 0.4) is 0 Å². The fourth-order valence-corrected chi connectivity index (χ4v) is 2.54. The molecule has 0 atom stereocenters. The summed E-state index contributed by atoms with van der Waals surface area (Å²) < 4.78 is 5.59. The standard InChI is InChI=1S/C21H19N5O/c1-3-15-9-7-8-12-17(15)18(23-2)14-24-19(22)13-20-25-26-21(27-20)16-10-5-4-6-11-16/h5,7-14,22,25H,3H2,1-2H3. The van der Waals surface area contributed by atoms with Crippen LogP contribution in [0.15, 0.2) is 69.5 Å². The minimum absolute atomic E-state index is 0.0250. The number of ether oxygens (including phenoxy) is 1. The fraction of sp³-hybridized carbons (Fsp3) is 0.143. The van der Waals surface area contributed by atoms with Crippen LogP contribution in [0.2, 0.25) is 0 Å². The summed E-state index contributed by atoms with van der Waals surface area (Å²) in [5, 5.41) is 12.1. The zero-order valence-electron chi connectivity index (χ0n) is 15.2. The van der Waals surface area contributed by atoms with Gasteiger partial charge in [-0.15, -0.1) is 5.10 Å². The highest BCUT2D eigenvalue weighted by Crippen LogP contribution is 2.12. The van der Waals surface area contributed by atoms with E-state index in [2.05, 4.69) is 45.6 Å². The van der Waals surface area contributed by atoms with Gasteiger partial charge in [0.15, 0.2) is 0 Å². The van der Waals surface area contributed by atoms with Gasteiger partial charge in [-0.1, -0.05) is 43.3 Å². The summed E-state index contributed by atoms with van der Waals surface area (Å²) in [5.74, 6) is 0.775. The summed E-state index contributed by atoms with van der Waals surface area (Å²) in [6.45, 7) is 2.10. The molecule has 0 unspecified atom stereocenters. The molecular weight excluding hydrogens is 338 g/mol. The van der Waals surface area contributed by atoms with Crippen LogP contribution in [0, 0.1) is 17.5 Å². The number of benzene rings is 1. The SMILES string of the molecule is CCc1ccccc1C(C=NC(=N)C=C1NN=C(c2cc#ccc2)O1)=NC. The number of hydrazone groups is 1. The summed E-state index contributed by atoms with van der Waals surface area (Å²) in [5.41, 5.74) is 6.45. The highest BCUT2D eigenvalue weighted by atomic mass is 16.5. The van der Waals surface area contributed by atoms with Crippen molar-refractivity contribution >= 4 is 23.7 Å². The van der Waals surface area contributed by atoms with E-state index < -0.39 is 0 Å². The van der Waals surface area contributed by atoms with Crippen molar-refractivity contribution in [3.05, 3.63) is 83.2 Å². The Labute approximate surface area is 158 Å². The van der Waals surface area contributed by atoms with Gasteiger partial charge in [0.05, 0.1) is 11.9 Å². The van der Waals surface area contributed by atoms with Crippen LogP contribution in [0.25, 0.3) is 0 Å².